The van der Waals surface area contributed by atoms with Crippen molar-refractivity contribution in [2.24, 2.45) is 0 Å². The zero-order valence-corrected chi connectivity index (χ0v) is 8.39. The topological polar surface area (TPSA) is 57.5 Å². The first-order chi connectivity index (χ1) is 7.18. The Morgan fingerprint density at radius 2 is 2.07 bits per heavy atom. The van der Waals surface area contributed by atoms with E-state index in [1.807, 2.05) is 24.3 Å². The van der Waals surface area contributed by atoms with Crippen LogP contribution in [0.2, 0.25) is 0 Å². The number of rotatable bonds is 4. The first kappa shape index (κ1) is 10.2. The molecule has 1 aliphatic carbocycles. The Labute approximate surface area is 88.4 Å². The molecular weight excluding hydrogens is 192 g/mol. The highest BCUT2D eigenvalue weighted by Crippen LogP contribution is 2.43. The minimum atomic E-state index is -0.965. The molecule has 2 rings (SSSR count). The molecule has 0 aliphatic heterocycles. The summed E-state index contributed by atoms with van der Waals surface area (Å²) >= 11 is 0. The summed E-state index contributed by atoms with van der Waals surface area (Å²) in [5, 5.41) is 18.4. The van der Waals surface area contributed by atoms with Crippen molar-refractivity contribution >= 4 is 5.97 Å². The summed E-state index contributed by atoms with van der Waals surface area (Å²) in [6, 6.07) is 7.58. The molecule has 1 atom stereocenters. The SMILES string of the molecule is O=C(O)C[C@H](O)c1ccccc1C1CC1. The van der Waals surface area contributed by atoms with E-state index in [0.717, 1.165) is 24.0 Å². The van der Waals surface area contributed by atoms with Gasteiger partial charge in [-0.2, -0.15) is 0 Å². The molecule has 15 heavy (non-hydrogen) atoms. The molecule has 0 unspecified atom stereocenters. The highest BCUT2D eigenvalue weighted by Gasteiger charge is 2.27. The molecule has 0 spiro atoms. The van der Waals surface area contributed by atoms with Crippen LogP contribution < -0.4 is 0 Å². The maximum atomic E-state index is 10.5. The molecule has 80 valence electrons. The number of aliphatic carboxylic acids is 1. The minimum absolute atomic E-state index is 0.219. The average molecular weight is 206 g/mol. The van der Waals surface area contributed by atoms with E-state index in [-0.39, 0.29) is 6.42 Å². The monoisotopic (exact) mass is 206 g/mol. The van der Waals surface area contributed by atoms with E-state index in [1.54, 1.807) is 0 Å². The number of carboxylic acid groups (broad SMARTS) is 1. The summed E-state index contributed by atoms with van der Waals surface area (Å²) in [5.41, 5.74) is 1.90. The Morgan fingerprint density at radius 1 is 1.40 bits per heavy atom. The van der Waals surface area contributed by atoms with Gasteiger partial charge in [-0.25, -0.2) is 0 Å². The van der Waals surface area contributed by atoms with Gasteiger partial charge in [0.15, 0.2) is 0 Å². The van der Waals surface area contributed by atoms with Crippen LogP contribution in [-0.2, 0) is 4.79 Å². The van der Waals surface area contributed by atoms with Crippen LogP contribution in [0.4, 0.5) is 0 Å². The number of benzene rings is 1. The van der Waals surface area contributed by atoms with Crippen molar-refractivity contribution in [2.75, 3.05) is 0 Å². The van der Waals surface area contributed by atoms with Gasteiger partial charge in [0.25, 0.3) is 0 Å². The van der Waals surface area contributed by atoms with Crippen LogP contribution in [0.15, 0.2) is 24.3 Å². The van der Waals surface area contributed by atoms with Gasteiger partial charge < -0.3 is 10.2 Å². The lowest BCUT2D eigenvalue weighted by Crippen LogP contribution is -2.07. The predicted octanol–water partition coefficient (Wildman–Crippen LogP) is 2.07. The van der Waals surface area contributed by atoms with Crippen LogP contribution in [0.5, 0.6) is 0 Å². The van der Waals surface area contributed by atoms with Gasteiger partial charge in [-0.15, -0.1) is 0 Å². The Kier molecular flexibility index (Phi) is 2.73. The summed E-state index contributed by atoms with van der Waals surface area (Å²) in [4.78, 5) is 10.5. The molecule has 1 aromatic rings. The van der Waals surface area contributed by atoms with E-state index < -0.39 is 12.1 Å². The lowest BCUT2D eigenvalue weighted by Gasteiger charge is -2.13. The second-order valence-corrected chi connectivity index (χ2v) is 4.02. The summed E-state index contributed by atoms with van der Waals surface area (Å²) in [5.74, 6) is -0.433. The van der Waals surface area contributed by atoms with Crippen molar-refractivity contribution in [1.29, 1.82) is 0 Å². The van der Waals surface area contributed by atoms with Gasteiger partial charge in [-0.1, -0.05) is 24.3 Å². The van der Waals surface area contributed by atoms with E-state index in [4.69, 9.17) is 5.11 Å². The van der Waals surface area contributed by atoms with Gasteiger partial charge >= 0.3 is 5.97 Å². The zero-order chi connectivity index (χ0) is 10.8. The molecule has 3 heteroatoms. The third kappa shape index (κ3) is 2.36. The minimum Gasteiger partial charge on any atom is -0.481 e. The maximum absolute atomic E-state index is 10.5. The highest BCUT2D eigenvalue weighted by molar-refractivity contribution is 5.67. The highest BCUT2D eigenvalue weighted by atomic mass is 16.4. The molecule has 2 N–H and O–H groups in total. The van der Waals surface area contributed by atoms with Crippen molar-refractivity contribution in [3.63, 3.8) is 0 Å². The fourth-order valence-corrected chi connectivity index (χ4v) is 1.86. The second-order valence-electron chi connectivity index (χ2n) is 4.02. The Bertz CT molecular complexity index is 369. The molecule has 0 saturated heterocycles. The maximum Gasteiger partial charge on any atom is 0.306 e. The number of hydrogen-bond donors (Lipinski definition) is 2. The lowest BCUT2D eigenvalue weighted by atomic mass is 9.97. The Balaban J connectivity index is 2.21. The van der Waals surface area contributed by atoms with Crippen molar-refractivity contribution in [3.8, 4) is 0 Å². The van der Waals surface area contributed by atoms with Crippen molar-refractivity contribution < 1.29 is 15.0 Å². The van der Waals surface area contributed by atoms with Crippen LogP contribution >= 0.6 is 0 Å². The van der Waals surface area contributed by atoms with Crippen LogP contribution in [0.25, 0.3) is 0 Å². The van der Waals surface area contributed by atoms with Crippen LogP contribution in [0.3, 0.4) is 0 Å². The zero-order valence-electron chi connectivity index (χ0n) is 8.39. The van der Waals surface area contributed by atoms with Crippen molar-refractivity contribution in [1.82, 2.24) is 0 Å². The molecule has 0 heterocycles. The van der Waals surface area contributed by atoms with Crippen LogP contribution in [0, 0.1) is 0 Å². The normalized spacial score (nSPS) is 17.4. The smallest absolute Gasteiger partial charge is 0.306 e. The third-order valence-electron chi connectivity index (χ3n) is 2.74. The molecule has 1 aromatic carbocycles. The van der Waals surface area contributed by atoms with Crippen molar-refractivity contribution in [3.05, 3.63) is 35.4 Å². The fraction of sp³-hybridized carbons (Fsp3) is 0.417. The van der Waals surface area contributed by atoms with Crippen LogP contribution in [-0.4, -0.2) is 16.2 Å². The number of carboxylic acids is 1. The summed E-state index contributed by atoms with van der Waals surface area (Å²) < 4.78 is 0. The molecule has 0 amide bonds. The van der Waals surface area contributed by atoms with Gasteiger partial charge in [0.2, 0.25) is 0 Å². The third-order valence-corrected chi connectivity index (χ3v) is 2.74. The predicted molar refractivity (Wildman–Crippen MR) is 55.6 cm³/mol. The molecule has 1 saturated carbocycles. The number of carbonyl (C=O) groups is 1. The van der Waals surface area contributed by atoms with Gasteiger partial charge in [0.05, 0.1) is 12.5 Å². The second kappa shape index (κ2) is 4.03. The van der Waals surface area contributed by atoms with Crippen molar-refractivity contribution in [2.45, 2.75) is 31.3 Å². The molecule has 1 fully saturated rings. The van der Waals surface area contributed by atoms with E-state index in [2.05, 4.69) is 0 Å². The average Bonchev–Trinajstić information content (AvgIpc) is 3.00. The van der Waals surface area contributed by atoms with E-state index in [1.165, 1.54) is 0 Å². The number of aliphatic hydroxyl groups is 1. The number of hydrogen-bond acceptors (Lipinski definition) is 2. The fourth-order valence-electron chi connectivity index (χ4n) is 1.86. The van der Waals surface area contributed by atoms with E-state index in [0.29, 0.717) is 5.92 Å². The standard InChI is InChI=1S/C12H14O3/c13-11(7-12(14)15)10-4-2-1-3-9(10)8-5-6-8/h1-4,8,11,13H,5-7H2,(H,14,15)/t11-/m0/s1. The molecule has 0 aromatic heterocycles. The Hall–Kier alpha value is -1.35. The first-order valence-electron chi connectivity index (χ1n) is 5.17. The molecule has 0 bridgehead atoms. The summed E-state index contributed by atoms with van der Waals surface area (Å²) in [6.45, 7) is 0. The summed E-state index contributed by atoms with van der Waals surface area (Å²) in [7, 11) is 0. The molecule has 1 aliphatic rings. The number of aliphatic hydroxyl groups excluding tert-OH is 1. The first-order valence-corrected chi connectivity index (χ1v) is 5.17. The molecule has 0 radical (unpaired) electrons. The van der Waals surface area contributed by atoms with Gasteiger partial charge in [0, 0.05) is 0 Å². The lowest BCUT2D eigenvalue weighted by molar-refractivity contribution is -0.139. The largest absolute Gasteiger partial charge is 0.481 e. The van der Waals surface area contributed by atoms with E-state index >= 15 is 0 Å². The van der Waals surface area contributed by atoms with Crippen LogP contribution in [0.1, 0.15) is 42.4 Å². The molecular formula is C12H14O3. The van der Waals surface area contributed by atoms with E-state index in [9.17, 15) is 9.90 Å². The Morgan fingerprint density at radius 3 is 2.67 bits per heavy atom. The van der Waals surface area contributed by atoms with Gasteiger partial charge in [0.1, 0.15) is 0 Å². The van der Waals surface area contributed by atoms with Gasteiger partial charge in [-0.05, 0) is 29.9 Å². The quantitative estimate of drug-likeness (QED) is 0.792. The molecule has 3 nitrogen and oxygen atoms in total. The van der Waals surface area contributed by atoms with Gasteiger partial charge in [-0.3, -0.25) is 4.79 Å². The summed E-state index contributed by atoms with van der Waals surface area (Å²) in [6.07, 6.45) is 1.21.